The van der Waals surface area contributed by atoms with E-state index in [0.717, 1.165) is 38.7 Å². The lowest BCUT2D eigenvalue weighted by molar-refractivity contribution is -0.0494. The number of rotatable bonds is 8. The summed E-state index contributed by atoms with van der Waals surface area (Å²) in [6, 6.07) is 18.9. The van der Waals surface area contributed by atoms with Gasteiger partial charge in [0, 0.05) is 28.9 Å². The number of halogens is 2. The molecule has 0 aliphatic carbocycles. The molecule has 0 atom stereocenters. The second-order valence-corrected chi connectivity index (χ2v) is 8.34. The molecule has 0 bridgehead atoms. The zero-order valence-electron chi connectivity index (χ0n) is 18.1. The van der Waals surface area contributed by atoms with Crippen LogP contribution < -0.4 is 4.74 Å². The second kappa shape index (κ2) is 10.4. The van der Waals surface area contributed by atoms with Gasteiger partial charge in [0.1, 0.15) is 5.75 Å². The summed E-state index contributed by atoms with van der Waals surface area (Å²) in [5.41, 5.74) is 4.66. The summed E-state index contributed by atoms with van der Waals surface area (Å²) in [4.78, 5) is 8.77. The Hall–Kier alpha value is -2.86. The Labute approximate surface area is 186 Å². The SMILES string of the molecule is CCN(C)C=Nc1cc(C)c(Sc2cccc(-c3ccccc3OC(F)F)c2)cc1C. The molecule has 0 radical (unpaired) electrons. The average Bonchev–Trinajstić information content (AvgIpc) is 2.75. The van der Waals surface area contributed by atoms with E-state index in [4.69, 9.17) is 4.74 Å². The first-order valence-electron chi connectivity index (χ1n) is 10.0. The van der Waals surface area contributed by atoms with Crippen LogP contribution in [0.2, 0.25) is 0 Å². The zero-order chi connectivity index (χ0) is 22.4. The van der Waals surface area contributed by atoms with Gasteiger partial charge in [0.05, 0.1) is 12.0 Å². The fraction of sp³-hybridized carbons (Fsp3) is 0.240. The van der Waals surface area contributed by atoms with Gasteiger partial charge in [-0.1, -0.05) is 42.1 Å². The predicted octanol–water partition coefficient (Wildman–Crippen LogP) is 7.33. The molecular weight excluding hydrogens is 414 g/mol. The molecule has 31 heavy (non-hydrogen) atoms. The monoisotopic (exact) mass is 440 g/mol. The van der Waals surface area contributed by atoms with E-state index >= 15 is 0 Å². The molecule has 0 fully saturated rings. The highest BCUT2D eigenvalue weighted by molar-refractivity contribution is 7.99. The largest absolute Gasteiger partial charge is 0.434 e. The van der Waals surface area contributed by atoms with E-state index in [0.29, 0.717) is 5.56 Å². The van der Waals surface area contributed by atoms with E-state index in [1.165, 1.54) is 0 Å². The molecular formula is C25H26F2N2OS. The zero-order valence-corrected chi connectivity index (χ0v) is 18.9. The van der Waals surface area contributed by atoms with E-state index in [-0.39, 0.29) is 5.75 Å². The number of aryl methyl sites for hydroxylation is 2. The molecule has 6 heteroatoms. The van der Waals surface area contributed by atoms with Gasteiger partial charge in [-0.25, -0.2) is 4.99 Å². The lowest BCUT2D eigenvalue weighted by atomic mass is 10.1. The third-order valence-electron chi connectivity index (χ3n) is 4.86. The van der Waals surface area contributed by atoms with Crippen molar-refractivity contribution in [3.8, 4) is 16.9 Å². The van der Waals surface area contributed by atoms with Crippen LogP contribution in [0.3, 0.4) is 0 Å². The molecule has 0 aliphatic heterocycles. The number of ether oxygens (including phenoxy) is 1. The van der Waals surface area contributed by atoms with Crippen LogP contribution in [-0.4, -0.2) is 31.4 Å². The Kier molecular flexibility index (Phi) is 7.69. The minimum Gasteiger partial charge on any atom is -0.434 e. The minimum absolute atomic E-state index is 0.172. The lowest BCUT2D eigenvalue weighted by Crippen LogP contribution is -2.14. The number of aliphatic imine (C=N–C) groups is 1. The van der Waals surface area contributed by atoms with Crippen molar-refractivity contribution in [1.29, 1.82) is 0 Å². The lowest BCUT2D eigenvalue weighted by Gasteiger charge is -2.13. The smallest absolute Gasteiger partial charge is 0.387 e. The van der Waals surface area contributed by atoms with E-state index < -0.39 is 6.61 Å². The van der Waals surface area contributed by atoms with Gasteiger partial charge in [-0.2, -0.15) is 8.78 Å². The summed E-state index contributed by atoms with van der Waals surface area (Å²) < 4.78 is 30.3. The average molecular weight is 441 g/mol. The molecule has 0 unspecified atom stereocenters. The highest BCUT2D eigenvalue weighted by Crippen LogP contribution is 2.37. The van der Waals surface area contributed by atoms with Gasteiger partial charge in [0.15, 0.2) is 0 Å². The third-order valence-corrected chi connectivity index (χ3v) is 6.01. The maximum atomic E-state index is 12.8. The Morgan fingerprint density at radius 3 is 2.55 bits per heavy atom. The van der Waals surface area contributed by atoms with Gasteiger partial charge in [0.25, 0.3) is 0 Å². The summed E-state index contributed by atoms with van der Waals surface area (Å²) in [5.74, 6) is 0.172. The van der Waals surface area contributed by atoms with Gasteiger partial charge in [-0.05, 0) is 67.8 Å². The molecule has 0 spiro atoms. The first-order chi connectivity index (χ1) is 14.9. The van der Waals surface area contributed by atoms with Crippen molar-refractivity contribution in [2.45, 2.75) is 37.2 Å². The Morgan fingerprint density at radius 2 is 1.81 bits per heavy atom. The number of hydrogen-bond donors (Lipinski definition) is 0. The standard InChI is InChI=1S/C25H26F2N2OS/c1-5-29(4)16-28-22-13-18(3)24(14-17(22)2)31-20-10-8-9-19(15-20)21-11-6-7-12-23(21)30-25(26)27/h6-16,25H,5H2,1-4H3. The summed E-state index contributed by atoms with van der Waals surface area (Å²) in [6.45, 7) is 4.24. The number of para-hydroxylation sites is 1. The fourth-order valence-corrected chi connectivity index (χ4v) is 4.07. The van der Waals surface area contributed by atoms with Gasteiger partial charge >= 0.3 is 6.61 Å². The molecule has 0 aliphatic rings. The van der Waals surface area contributed by atoms with E-state index in [9.17, 15) is 8.78 Å². The summed E-state index contributed by atoms with van der Waals surface area (Å²) in [7, 11) is 1.99. The summed E-state index contributed by atoms with van der Waals surface area (Å²) in [6.07, 6.45) is 1.84. The van der Waals surface area contributed by atoms with Crippen LogP contribution in [0.15, 0.2) is 75.4 Å². The highest BCUT2D eigenvalue weighted by atomic mass is 32.2. The van der Waals surface area contributed by atoms with Gasteiger partial charge in [-0.3, -0.25) is 0 Å². The maximum absolute atomic E-state index is 12.8. The Balaban J connectivity index is 1.87. The van der Waals surface area contributed by atoms with Crippen LogP contribution in [0.1, 0.15) is 18.1 Å². The third kappa shape index (κ3) is 6.07. The Bertz CT molecular complexity index is 1070. The van der Waals surface area contributed by atoms with Crippen molar-refractivity contribution in [3.05, 3.63) is 71.8 Å². The van der Waals surface area contributed by atoms with Crippen LogP contribution in [0.25, 0.3) is 11.1 Å². The van der Waals surface area contributed by atoms with Crippen molar-refractivity contribution >= 4 is 23.8 Å². The Morgan fingerprint density at radius 1 is 1.03 bits per heavy atom. The molecule has 0 amide bonds. The van der Waals surface area contributed by atoms with Crippen LogP contribution in [-0.2, 0) is 0 Å². The van der Waals surface area contributed by atoms with E-state index in [1.807, 2.05) is 48.6 Å². The molecule has 0 saturated heterocycles. The summed E-state index contributed by atoms with van der Waals surface area (Å²) in [5, 5.41) is 0. The molecule has 3 nitrogen and oxygen atoms in total. The number of benzene rings is 3. The predicted molar refractivity (Wildman–Crippen MR) is 125 cm³/mol. The molecule has 0 N–H and O–H groups in total. The van der Waals surface area contributed by atoms with Crippen molar-refractivity contribution in [1.82, 2.24) is 4.90 Å². The van der Waals surface area contributed by atoms with Gasteiger partial charge in [0.2, 0.25) is 0 Å². The van der Waals surface area contributed by atoms with Crippen LogP contribution in [0.5, 0.6) is 5.75 Å². The molecule has 0 saturated carbocycles. The molecule has 0 heterocycles. The second-order valence-electron chi connectivity index (χ2n) is 7.23. The molecule has 0 aromatic heterocycles. The van der Waals surface area contributed by atoms with Crippen molar-refractivity contribution in [3.63, 3.8) is 0 Å². The van der Waals surface area contributed by atoms with Gasteiger partial charge < -0.3 is 9.64 Å². The maximum Gasteiger partial charge on any atom is 0.387 e. The van der Waals surface area contributed by atoms with Crippen LogP contribution in [0, 0.1) is 13.8 Å². The molecule has 3 aromatic rings. The minimum atomic E-state index is -2.86. The van der Waals surface area contributed by atoms with Crippen LogP contribution >= 0.6 is 11.8 Å². The normalized spacial score (nSPS) is 11.3. The van der Waals surface area contributed by atoms with Crippen molar-refractivity contribution in [2.75, 3.05) is 13.6 Å². The molecule has 3 rings (SSSR count). The van der Waals surface area contributed by atoms with Gasteiger partial charge in [-0.15, -0.1) is 0 Å². The van der Waals surface area contributed by atoms with Crippen LogP contribution in [0.4, 0.5) is 14.5 Å². The molecule has 3 aromatic carbocycles. The first-order valence-corrected chi connectivity index (χ1v) is 10.9. The van der Waals surface area contributed by atoms with E-state index in [1.54, 1.807) is 30.0 Å². The van der Waals surface area contributed by atoms with E-state index in [2.05, 4.69) is 37.9 Å². The van der Waals surface area contributed by atoms with Crippen molar-refractivity contribution in [2.24, 2.45) is 4.99 Å². The summed E-state index contributed by atoms with van der Waals surface area (Å²) >= 11 is 1.64. The first kappa shape index (κ1) is 22.8. The highest BCUT2D eigenvalue weighted by Gasteiger charge is 2.12. The fourth-order valence-electron chi connectivity index (χ4n) is 3.02. The number of nitrogens with zero attached hydrogens (tertiary/aromatic N) is 2. The quantitative estimate of drug-likeness (QED) is 0.271. The molecule has 162 valence electrons. The topological polar surface area (TPSA) is 24.8 Å². The van der Waals surface area contributed by atoms with Crippen molar-refractivity contribution < 1.29 is 13.5 Å². The number of alkyl halides is 2. The number of hydrogen-bond acceptors (Lipinski definition) is 3.